The monoisotopic (exact) mass is 301 g/mol. The summed E-state index contributed by atoms with van der Waals surface area (Å²) in [4.78, 5) is 0. The second-order valence-electron chi connectivity index (χ2n) is 4.81. The van der Waals surface area contributed by atoms with Gasteiger partial charge in [-0.25, -0.2) is 4.68 Å². The Labute approximate surface area is 128 Å². The summed E-state index contributed by atoms with van der Waals surface area (Å²) in [5.74, 6) is 1.29. The standard InChI is InChI=1S/C16H16ClN3O/c1-3-20-16(15(18)10(2)19-20)21-14-9-8-13(17)11-6-4-5-7-12(11)14/h4-9H,3,18H2,1-2H3. The highest BCUT2D eigenvalue weighted by atomic mass is 35.5. The van der Waals surface area contributed by atoms with Crippen molar-refractivity contribution < 1.29 is 4.74 Å². The van der Waals surface area contributed by atoms with Gasteiger partial charge in [-0.1, -0.05) is 35.9 Å². The van der Waals surface area contributed by atoms with Crippen LogP contribution in [0.25, 0.3) is 10.8 Å². The summed E-state index contributed by atoms with van der Waals surface area (Å²) < 4.78 is 7.80. The first-order valence-electron chi connectivity index (χ1n) is 6.79. The zero-order valence-electron chi connectivity index (χ0n) is 11.9. The van der Waals surface area contributed by atoms with Crippen LogP contribution in [0.2, 0.25) is 5.02 Å². The first kappa shape index (κ1) is 13.8. The van der Waals surface area contributed by atoms with Gasteiger partial charge in [-0.3, -0.25) is 0 Å². The smallest absolute Gasteiger partial charge is 0.241 e. The van der Waals surface area contributed by atoms with E-state index in [1.165, 1.54) is 0 Å². The Bertz CT molecular complexity index is 811. The zero-order chi connectivity index (χ0) is 15.0. The molecule has 0 saturated carbocycles. The lowest BCUT2D eigenvalue weighted by molar-refractivity contribution is 0.422. The molecule has 1 heterocycles. The van der Waals surface area contributed by atoms with Gasteiger partial charge in [0.05, 0.1) is 5.69 Å². The summed E-state index contributed by atoms with van der Waals surface area (Å²) in [6.07, 6.45) is 0. The van der Waals surface area contributed by atoms with Gasteiger partial charge in [0.25, 0.3) is 0 Å². The Kier molecular flexibility index (Phi) is 3.47. The van der Waals surface area contributed by atoms with Crippen molar-refractivity contribution in [3.8, 4) is 11.6 Å². The van der Waals surface area contributed by atoms with Crippen LogP contribution < -0.4 is 10.5 Å². The van der Waals surface area contributed by atoms with Crippen LogP contribution in [0, 0.1) is 6.92 Å². The lowest BCUT2D eigenvalue weighted by Crippen LogP contribution is -2.01. The van der Waals surface area contributed by atoms with Crippen molar-refractivity contribution in [2.75, 3.05) is 5.73 Å². The first-order valence-corrected chi connectivity index (χ1v) is 7.17. The van der Waals surface area contributed by atoms with Crippen molar-refractivity contribution >= 4 is 28.1 Å². The van der Waals surface area contributed by atoms with Crippen LogP contribution >= 0.6 is 11.6 Å². The number of nitrogens with two attached hydrogens (primary N) is 1. The van der Waals surface area contributed by atoms with Crippen LogP contribution in [0.15, 0.2) is 36.4 Å². The van der Waals surface area contributed by atoms with E-state index in [1.807, 2.05) is 50.2 Å². The Hall–Kier alpha value is -2.20. The summed E-state index contributed by atoms with van der Waals surface area (Å²) in [5, 5.41) is 6.97. The molecule has 21 heavy (non-hydrogen) atoms. The Balaban J connectivity index is 2.13. The quantitative estimate of drug-likeness (QED) is 0.780. The number of aromatic nitrogens is 2. The normalized spacial score (nSPS) is 11.0. The second-order valence-corrected chi connectivity index (χ2v) is 5.22. The summed E-state index contributed by atoms with van der Waals surface area (Å²) in [6.45, 7) is 4.56. The summed E-state index contributed by atoms with van der Waals surface area (Å²) >= 11 is 6.23. The third-order valence-electron chi connectivity index (χ3n) is 3.46. The van der Waals surface area contributed by atoms with Gasteiger partial charge in [-0.05, 0) is 26.0 Å². The predicted octanol–water partition coefficient (Wildman–Crippen LogP) is 4.39. The summed E-state index contributed by atoms with van der Waals surface area (Å²) in [7, 11) is 0. The highest BCUT2D eigenvalue weighted by molar-refractivity contribution is 6.35. The fraction of sp³-hybridized carbons (Fsp3) is 0.188. The Morgan fingerprint density at radius 1 is 1.19 bits per heavy atom. The molecule has 2 aromatic carbocycles. The minimum absolute atomic E-state index is 0.566. The van der Waals surface area contributed by atoms with E-state index in [9.17, 15) is 0 Å². The van der Waals surface area contributed by atoms with Gasteiger partial charge in [0.15, 0.2) is 0 Å². The predicted molar refractivity (Wildman–Crippen MR) is 86.1 cm³/mol. The van der Waals surface area contributed by atoms with E-state index >= 15 is 0 Å². The number of aryl methyl sites for hydroxylation is 2. The SMILES string of the molecule is CCn1nc(C)c(N)c1Oc1ccc(Cl)c2ccccc12. The van der Waals surface area contributed by atoms with E-state index in [2.05, 4.69) is 5.10 Å². The largest absolute Gasteiger partial charge is 0.437 e. The number of hydrogen-bond acceptors (Lipinski definition) is 3. The van der Waals surface area contributed by atoms with Crippen LogP contribution in [0.1, 0.15) is 12.6 Å². The van der Waals surface area contributed by atoms with Gasteiger partial charge in [0, 0.05) is 22.3 Å². The molecule has 5 heteroatoms. The number of anilines is 1. The minimum atomic E-state index is 0.566. The number of rotatable bonds is 3. The average molecular weight is 302 g/mol. The van der Waals surface area contributed by atoms with E-state index < -0.39 is 0 Å². The van der Waals surface area contributed by atoms with E-state index in [4.69, 9.17) is 22.1 Å². The molecule has 0 radical (unpaired) electrons. The molecule has 0 aliphatic rings. The van der Waals surface area contributed by atoms with Gasteiger partial charge in [-0.15, -0.1) is 0 Å². The maximum atomic E-state index is 6.23. The molecule has 0 aliphatic heterocycles. The van der Waals surface area contributed by atoms with Crippen molar-refractivity contribution in [3.05, 3.63) is 47.1 Å². The molecule has 0 bridgehead atoms. The summed E-state index contributed by atoms with van der Waals surface area (Å²) in [5.41, 5.74) is 7.40. The number of nitrogens with zero attached hydrogens (tertiary/aromatic N) is 2. The number of halogens is 1. The number of fused-ring (bicyclic) bond motifs is 1. The molecule has 0 fully saturated rings. The van der Waals surface area contributed by atoms with Crippen molar-refractivity contribution in [1.29, 1.82) is 0 Å². The van der Waals surface area contributed by atoms with Gasteiger partial charge < -0.3 is 10.5 Å². The van der Waals surface area contributed by atoms with Gasteiger partial charge in [-0.2, -0.15) is 5.10 Å². The molecule has 3 aromatic rings. The molecule has 2 N–H and O–H groups in total. The molecule has 1 aromatic heterocycles. The molecule has 0 atom stereocenters. The minimum Gasteiger partial charge on any atom is -0.437 e. The highest BCUT2D eigenvalue weighted by Gasteiger charge is 2.15. The van der Waals surface area contributed by atoms with E-state index in [0.717, 1.165) is 22.2 Å². The maximum Gasteiger partial charge on any atom is 0.241 e. The zero-order valence-corrected chi connectivity index (χ0v) is 12.7. The Morgan fingerprint density at radius 3 is 2.62 bits per heavy atom. The molecular weight excluding hydrogens is 286 g/mol. The molecular formula is C16H16ClN3O. The van der Waals surface area contributed by atoms with Crippen LogP contribution in [-0.4, -0.2) is 9.78 Å². The molecule has 0 unspecified atom stereocenters. The molecule has 3 rings (SSSR count). The van der Waals surface area contributed by atoms with E-state index in [-0.39, 0.29) is 0 Å². The molecule has 108 valence electrons. The third kappa shape index (κ3) is 2.32. The number of nitrogen functional groups attached to an aromatic ring is 1. The highest BCUT2D eigenvalue weighted by Crippen LogP contribution is 2.36. The lowest BCUT2D eigenvalue weighted by Gasteiger charge is -2.11. The maximum absolute atomic E-state index is 6.23. The fourth-order valence-corrected chi connectivity index (χ4v) is 2.55. The lowest BCUT2D eigenvalue weighted by atomic mass is 10.1. The number of ether oxygens (including phenoxy) is 1. The molecule has 4 nitrogen and oxygen atoms in total. The van der Waals surface area contributed by atoms with E-state index in [0.29, 0.717) is 23.1 Å². The molecule has 0 amide bonds. The van der Waals surface area contributed by atoms with Crippen LogP contribution in [0.3, 0.4) is 0 Å². The Morgan fingerprint density at radius 2 is 1.90 bits per heavy atom. The van der Waals surface area contributed by atoms with Gasteiger partial charge in [0.2, 0.25) is 5.88 Å². The van der Waals surface area contributed by atoms with Gasteiger partial charge in [0.1, 0.15) is 11.4 Å². The fourth-order valence-electron chi connectivity index (χ4n) is 2.32. The molecule has 0 spiro atoms. The molecule has 0 aliphatic carbocycles. The van der Waals surface area contributed by atoms with Crippen molar-refractivity contribution in [2.24, 2.45) is 0 Å². The van der Waals surface area contributed by atoms with Crippen LogP contribution in [0.5, 0.6) is 11.6 Å². The van der Waals surface area contributed by atoms with Gasteiger partial charge >= 0.3 is 0 Å². The van der Waals surface area contributed by atoms with Crippen molar-refractivity contribution in [2.45, 2.75) is 20.4 Å². The van der Waals surface area contributed by atoms with Crippen LogP contribution in [0.4, 0.5) is 5.69 Å². The topological polar surface area (TPSA) is 53.1 Å². The van der Waals surface area contributed by atoms with Crippen molar-refractivity contribution in [1.82, 2.24) is 9.78 Å². The third-order valence-corrected chi connectivity index (χ3v) is 3.79. The summed E-state index contributed by atoms with van der Waals surface area (Å²) in [6, 6.07) is 11.5. The second kappa shape index (κ2) is 5.30. The van der Waals surface area contributed by atoms with Crippen LogP contribution in [-0.2, 0) is 6.54 Å². The van der Waals surface area contributed by atoms with Crippen molar-refractivity contribution in [3.63, 3.8) is 0 Å². The average Bonchev–Trinajstić information content (AvgIpc) is 2.78. The number of hydrogen-bond donors (Lipinski definition) is 1. The first-order chi connectivity index (χ1) is 10.1. The van der Waals surface area contributed by atoms with E-state index in [1.54, 1.807) is 4.68 Å². The number of benzene rings is 2. The molecule has 0 saturated heterocycles.